The minimum Gasteiger partial charge on any atom is -0.469 e. The summed E-state index contributed by atoms with van der Waals surface area (Å²) in [5.74, 6) is 0.740. The fraction of sp³-hybridized carbons (Fsp3) is 0.500. The lowest BCUT2D eigenvalue weighted by Gasteiger charge is -2.13. The van der Waals surface area contributed by atoms with Crippen LogP contribution in [-0.4, -0.2) is 11.2 Å². The van der Waals surface area contributed by atoms with Crippen molar-refractivity contribution < 1.29 is 9.21 Å². The molecule has 2 rings (SSSR count). The quantitative estimate of drug-likeness (QED) is 0.550. The Morgan fingerprint density at radius 3 is 2.92 bits per heavy atom. The van der Waals surface area contributed by atoms with Crippen molar-refractivity contribution >= 4 is 17.9 Å². The smallest absolute Gasteiger partial charge is 0.125 e. The Morgan fingerprint density at radius 2 is 2.46 bits per heavy atom. The first-order valence-corrected chi connectivity index (χ1v) is 4.79. The standard InChI is InChI=1S/C10H11ClO2/c11-10(3-4-10)8(7-12)6-9-2-1-5-13-9/h1-2,5,7-8H,3-4,6H2. The zero-order chi connectivity index (χ0) is 9.31. The molecule has 13 heavy (non-hydrogen) atoms. The van der Waals surface area contributed by atoms with Crippen LogP contribution in [0.4, 0.5) is 0 Å². The van der Waals surface area contributed by atoms with Gasteiger partial charge in [0.2, 0.25) is 0 Å². The Balaban J connectivity index is 2.03. The molecule has 0 aromatic carbocycles. The first-order chi connectivity index (χ1) is 6.24. The summed E-state index contributed by atoms with van der Waals surface area (Å²) in [6, 6.07) is 3.70. The molecular formula is C10H11ClO2. The van der Waals surface area contributed by atoms with Crippen LogP contribution in [0.1, 0.15) is 18.6 Å². The molecule has 1 saturated carbocycles. The fourth-order valence-corrected chi connectivity index (χ4v) is 1.71. The Morgan fingerprint density at radius 1 is 1.69 bits per heavy atom. The molecule has 0 aliphatic heterocycles. The highest BCUT2D eigenvalue weighted by molar-refractivity contribution is 6.27. The number of halogens is 1. The molecule has 0 bridgehead atoms. The summed E-state index contributed by atoms with van der Waals surface area (Å²) in [5, 5.41) is 0. The SMILES string of the molecule is O=CC(Cc1ccco1)C1(Cl)CC1. The van der Waals surface area contributed by atoms with Crippen LogP contribution in [0.25, 0.3) is 0 Å². The van der Waals surface area contributed by atoms with Gasteiger partial charge in [-0.2, -0.15) is 0 Å². The summed E-state index contributed by atoms with van der Waals surface area (Å²) >= 11 is 6.15. The van der Waals surface area contributed by atoms with E-state index in [4.69, 9.17) is 16.0 Å². The number of hydrogen-bond donors (Lipinski definition) is 0. The van der Waals surface area contributed by atoms with Gasteiger partial charge in [-0.25, -0.2) is 0 Å². The monoisotopic (exact) mass is 198 g/mol. The maximum Gasteiger partial charge on any atom is 0.125 e. The van der Waals surface area contributed by atoms with E-state index in [-0.39, 0.29) is 10.8 Å². The van der Waals surface area contributed by atoms with Gasteiger partial charge in [0.1, 0.15) is 12.0 Å². The van der Waals surface area contributed by atoms with Gasteiger partial charge in [0.15, 0.2) is 0 Å². The van der Waals surface area contributed by atoms with Gasteiger partial charge in [-0.15, -0.1) is 11.6 Å². The Hall–Kier alpha value is -0.760. The maximum absolute atomic E-state index is 10.8. The van der Waals surface area contributed by atoms with Gasteiger partial charge >= 0.3 is 0 Å². The second-order valence-electron chi connectivity index (χ2n) is 3.56. The van der Waals surface area contributed by atoms with Crippen LogP contribution in [-0.2, 0) is 11.2 Å². The molecule has 0 N–H and O–H groups in total. The van der Waals surface area contributed by atoms with E-state index in [1.807, 2.05) is 12.1 Å². The molecule has 70 valence electrons. The number of furan rings is 1. The molecule has 0 spiro atoms. The van der Waals surface area contributed by atoms with Gasteiger partial charge in [-0.3, -0.25) is 0 Å². The van der Waals surface area contributed by atoms with E-state index in [0.717, 1.165) is 24.9 Å². The largest absolute Gasteiger partial charge is 0.469 e. The molecule has 3 heteroatoms. The number of rotatable bonds is 4. The highest BCUT2D eigenvalue weighted by Gasteiger charge is 2.47. The number of carbonyl (C=O) groups excluding carboxylic acids is 1. The summed E-state index contributed by atoms with van der Waals surface area (Å²) in [7, 11) is 0. The average Bonchev–Trinajstić information content (AvgIpc) is 2.70. The Labute approximate surface area is 81.9 Å². The second kappa shape index (κ2) is 3.18. The summed E-state index contributed by atoms with van der Waals surface area (Å²) in [6.07, 6.45) is 5.07. The summed E-state index contributed by atoms with van der Waals surface area (Å²) in [6.45, 7) is 0. The zero-order valence-corrected chi connectivity index (χ0v) is 7.96. The molecule has 1 unspecified atom stereocenters. The average molecular weight is 199 g/mol. The molecule has 0 saturated heterocycles. The van der Waals surface area contributed by atoms with Crippen molar-refractivity contribution in [2.75, 3.05) is 0 Å². The van der Waals surface area contributed by atoms with Gasteiger partial charge < -0.3 is 9.21 Å². The van der Waals surface area contributed by atoms with E-state index in [1.165, 1.54) is 0 Å². The number of carbonyl (C=O) groups is 1. The molecule has 1 aromatic heterocycles. The van der Waals surface area contributed by atoms with E-state index < -0.39 is 0 Å². The van der Waals surface area contributed by atoms with Gasteiger partial charge in [0.25, 0.3) is 0 Å². The molecule has 1 aliphatic carbocycles. The van der Waals surface area contributed by atoms with E-state index >= 15 is 0 Å². The van der Waals surface area contributed by atoms with Crippen molar-refractivity contribution in [3.63, 3.8) is 0 Å². The van der Waals surface area contributed by atoms with Gasteiger partial charge in [0.05, 0.1) is 11.1 Å². The first-order valence-electron chi connectivity index (χ1n) is 4.41. The Kier molecular flexibility index (Phi) is 2.16. The molecular weight excluding hydrogens is 188 g/mol. The summed E-state index contributed by atoms with van der Waals surface area (Å²) in [5.41, 5.74) is 0. The van der Waals surface area contributed by atoms with Crippen LogP contribution in [0, 0.1) is 5.92 Å². The molecule has 1 aliphatic rings. The van der Waals surface area contributed by atoms with Crippen molar-refractivity contribution in [2.24, 2.45) is 5.92 Å². The van der Waals surface area contributed by atoms with Crippen LogP contribution in [0.15, 0.2) is 22.8 Å². The molecule has 1 aromatic rings. The molecule has 0 radical (unpaired) electrons. The zero-order valence-electron chi connectivity index (χ0n) is 7.20. The molecule has 2 nitrogen and oxygen atoms in total. The Bertz CT molecular complexity index is 288. The summed E-state index contributed by atoms with van der Waals surface area (Å²) < 4.78 is 5.17. The van der Waals surface area contributed by atoms with E-state index in [2.05, 4.69) is 0 Å². The van der Waals surface area contributed by atoms with Crippen molar-refractivity contribution in [2.45, 2.75) is 24.1 Å². The third-order valence-electron chi connectivity index (χ3n) is 2.56. The van der Waals surface area contributed by atoms with Crippen molar-refractivity contribution in [3.8, 4) is 0 Å². The van der Waals surface area contributed by atoms with Gasteiger partial charge in [-0.05, 0) is 25.0 Å². The number of aldehydes is 1. The van der Waals surface area contributed by atoms with Crippen LogP contribution < -0.4 is 0 Å². The number of hydrogen-bond acceptors (Lipinski definition) is 2. The highest BCUT2D eigenvalue weighted by Crippen LogP contribution is 2.49. The lowest BCUT2D eigenvalue weighted by molar-refractivity contribution is -0.111. The van der Waals surface area contributed by atoms with Crippen molar-refractivity contribution in [1.29, 1.82) is 0 Å². The first kappa shape index (κ1) is 8.82. The third kappa shape index (κ3) is 1.78. The highest BCUT2D eigenvalue weighted by atomic mass is 35.5. The van der Waals surface area contributed by atoms with Crippen molar-refractivity contribution in [3.05, 3.63) is 24.2 Å². The predicted molar refractivity (Wildman–Crippen MR) is 49.8 cm³/mol. The van der Waals surface area contributed by atoms with Crippen LogP contribution in [0.3, 0.4) is 0 Å². The van der Waals surface area contributed by atoms with E-state index in [9.17, 15) is 4.79 Å². The number of alkyl halides is 1. The van der Waals surface area contributed by atoms with Crippen LogP contribution in [0.2, 0.25) is 0 Å². The summed E-state index contributed by atoms with van der Waals surface area (Å²) in [4.78, 5) is 10.5. The van der Waals surface area contributed by atoms with Crippen LogP contribution in [0.5, 0.6) is 0 Å². The normalized spacial score (nSPS) is 21.0. The maximum atomic E-state index is 10.8. The van der Waals surface area contributed by atoms with Gasteiger partial charge in [0, 0.05) is 12.3 Å². The molecule has 0 amide bonds. The molecule has 1 fully saturated rings. The van der Waals surface area contributed by atoms with Gasteiger partial charge in [-0.1, -0.05) is 0 Å². The lowest BCUT2D eigenvalue weighted by Crippen LogP contribution is -2.19. The topological polar surface area (TPSA) is 30.2 Å². The van der Waals surface area contributed by atoms with Crippen LogP contribution >= 0.6 is 11.6 Å². The minimum atomic E-state index is -0.269. The lowest BCUT2D eigenvalue weighted by atomic mass is 10.00. The minimum absolute atomic E-state index is 0.0969. The fourth-order valence-electron chi connectivity index (χ4n) is 1.49. The molecule has 1 heterocycles. The van der Waals surface area contributed by atoms with E-state index in [1.54, 1.807) is 6.26 Å². The van der Waals surface area contributed by atoms with E-state index in [0.29, 0.717) is 6.42 Å². The third-order valence-corrected chi connectivity index (χ3v) is 3.22. The molecule has 1 atom stereocenters. The van der Waals surface area contributed by atoms with Crippen molar-refractivity contribution in [1.82, 2.24) is 0 Å². The predicted octanol–water partition coefficient (Wildman–Crippen LogP) is 2.41. The second-order valence-corrected chi connectivity index (χ2v) is 4.31.